The minimum Gasteiger partial charge on any atom is -0.507 e. The highest BCUT2D eigenvalue weighted by atomic mass is 16.3. The molecule has 0 atom stereocenters. The van der Waals surface area contributed by atoms with Crippen LogP contribution in [0.4, 0.5) is 0 Å². The van der Waals surface area contributed by atoms with E-state index in [9.17, 15) is 5.11 Å². The molecule has 0 bridgehead atoms. The van der Waals surface area contributed by atoms with E-state index in [0.29, 0.717) is 11.4 Å². The molecule has 0 radical (unpaired) electrons. The number of phenols is 1. The van der Waals surface area contributed by atoms with Gasteiger partial charge in [0.1, 0.15) is 11.6 Å². The number of imidazole rings is 1. The van der Waals surface area contributed by atoms with Crippen LogP contribution in [-0.2, 0) is 0 Å². The molecule has 0 saturated carbocycles. The first kappa shape index (κ1) is 28.2. The molecule has 2 aromatic heterocycles. The Kier molecular flexibility index (Phi) is 7.49. The van der Waals surface area contributed by atoms with Gasteiger partial charge in [-0.05, 0) is 90.4 Å². The molecule has 216 valence electrons. The van der Waals surface area contributed by atoms with Gasteiger partial charge in [-0.15, -0.1) is 0 Å². The van der Waals surface area contributed by atoms with Crippen LogP contribution in [0.1, 0.15) is 62.0 Å². The van der Waals surface area contributed by atoms with Crippen LogP contribution in [-0.4, -0.2) is 24.4 Å². The van der Waals surface area contributed by atoms with Crippen LogP contribution in [0.15, 0.2) is 103 Å². The lowest BCUT2D eigenvalue weighted by Crippen LogP contribution is -2.08. The second-order valence-electron chi connectivity index (χ2n) is 11.9. The quantitative estimate of drug-likeness (QED) is 0.209. The molecule has 0 amide bonds. The number of phenolic OH excluding ortho intramolecular Hbond substituents is 1. The van der Waals surface area contributed by atoms with Crippen molar-refractivity contribution < 1.29 is 5.11 Å². The van der Waals surface area contributed by atoms with Crippen molar-refractivity contribution in [2.24, 2.45) is 0 Å². The van der Waals surface area contributed by atoms with E-state index in [0.717, 1.165) is 34.0 Å². The van der Waals surface area contributed by atoms with Crippen molar-refractivity contribution in [3.63, 3.8) is 0 Å². The fraction of sp³-hybridized carbons (Fsp3) is 0.211. The minimum atomic E-state index is 0.204. The third-order valence-corrected chi connectivity index (χ3v) is 8.01. The van der Waals surface area contributed by atoms with Crippen molar-refractivity contribution in [3.8, 4) is 50.9 Å². The Labute approximate surface area is 254 Å². The standard InChI is InChI=1S/C38H38N4O/c1-24(2)33-21-30(28-13-8-7-9-14-28)22-34(25(3)4)37(33)41-23-35(39-38(41)32-17-10-11-18-36(32)43)29-15-12-16-31(20-29)42-27(6)19-26(5)40-42/h7-25,43H,1-6H3. The van der Waals surface area contributed by atoms with E-state index < -0.39 is 0 Å². The largest absolute Gasteiger partial charge is 0.507 e. The SMILES string of the molecule is Cc1cc(C)n(-c2cccc(-c3cn(-c4c(C(C)C)cc(-c5ccccc5)cc4C(C)C)c(-c4ccccc4O)n3)c2)n1. The maximum absolute atomic E-state index is 11.0. The van der Waals surface area contributed by atoms with Crippen molar-refractivity contribution >= 4 is 0 Å². The van der Waals surface area contributed by atoms with E-state index in [1.54, 1.807) is 6.07 Å². The molecule has 6 aromatic rings. The predicted molar refractivity (Wildman–Crippen MR) is 176 cm³/mol. The second-order valence-corrected chi connectivity index (χ2v) is 11.9. The maximum atomic E-state index is 11.0. The zero-order valence-corrected chi connectivity index (χ0v) is 25.7. The summed E-state index contributed by atoms with van der Waals surface area (Å²) in [6, 6.07) is 33.1. The summed E-state index contributed by atoms with van der Waals surface area (Å²) >= 11 is 0. The number of hydrogen-bond donors (Lipinski definition) is 1. The smallest absolute Gasteiger partial charge is 0.148 e. The molecule has 0 saturated heterocycles. The van der Waals surface area contributed by atoms with Gasteiger partial charge in [0, 0.05) is 17.5 Å². The Morgan fingerprint density at radius 1 is 0.674 bits per heavy atom. The molecular formula is C38H38N4O. The third kappa shape index (κ3) is 5.39. The summed E-state index contributed by atoms with van der Waals surface area (Å²) in [5, 5.41) is 15.7. The van der Waals surface area contributed by atoms with Crippen LogP contribution in [0.3, 0.4) is 0 Å². The summed E-state index contributed by atoms with van der Waals surface area (Å²) < 4.78 is 4.16. The van der Waals surface area contributed by atoms with Crippen molar-refractivity contribution in [1.82, 2.24) is 19.3 Å². The summed E-state index contributed by atoms with van der Waals surface area (Å²) in [4.78, 5) is 5.21. The van der Waals surface area contributed by atoms with Gasteiger partial charge in [-0.3, -0.25) is 4.57 Å². The van der Waals surface area contributed by atoms with E-state index >= 15 is 0 Å². The van der Waals surface area contributed by atoms with Gasteiger partial charge < -0.3 is 5.11 Å². The topological polar surface area (TPSA) is 55.9 Å². The van der Waals surface area contributed by atoms with E-state index in [2.05, 4.69) is 112 Å². The molecule has 0 aliphatic rings. The number of nitrogens with zero attached hydrogens (tertiary/aromatic N) is 4. The fourth-order valence-corrected chi connectivity index (χ4v) is 5.87. The molecule has 0 aliphatic heterocycles. The van der Waals surface area contributed by atoms with Crippen LogP contribution >= 0.6 is 0 Å². The number of hydrogen-bond acceptors (Lipinski definition) is 3. The zero-order chi connectivity index (χ0) is 30.2. The van der Waals surface area contributed by atoms with E-state index in [-0.39, 0.29) is 17.6 Å². The average Bonchev–Trinajstić information content (AvgIpc) is 3.59. The van der Waals surface area contributed by atoms with Crippen LogP contribution in [0.25, 0.3) is 45.1 Å². The normalized spacial score (nSPS) is 11.5. The number of rotatable bonds is 7. The van der Waals surface area contributed by atoms with E-state index in [4.69, 9.17) is 10.1 Å². The van der Waals surface area contributed by atoms with Gasteiger partial charge >= 0.3 is 0 Å². The number of para-hydroxylation sites is 1. The maximum Gasteiger partial charge on any atom is 0.148 e. The number of aromatic nitrogens is 4. The van der Waals surface area contributed by atoms with Crippen molar-refractivity contribution in [2.75, 3.05) is 0 Å². The first-order chi connectivity index (χ1) is 20.7. The first-order valence-corrected chi connectivity index (χ1v) is 15.0. The molecular weight excluding hydrogens is 528 g/mol. The van der Waals surface area contributed by atoms with Crippen molar-refractivity contribution in [3.05, 3.63) is 126 Å². The van der Waals surface area contributed by atoms with Gasteiger partial charge in [0.2, 0.25) is 0 Å². The molecule has 43 heavy (non-hydrogen) atoms. The number of aryl methyl sites for hydroxylation is 2. The van der Waals surface area contributed by atoms with E-state index in [1.165, 1.54) is 22.3 Å². The molecule has 0 unspecified atom stereocenters. The Hall–Kier alpha value is -4.90. The van der Waals surface area contributed by atoms with Crippen LogP contribution in [0.5, 0.6) is 5.75 Å². The number of benzene rings is 4. The van der Waals surface area contributed by atoms with Gasteiger partial charge in [-0.2, -0.15) is 5.10 Å². The molecule has 0 aliphatic carbocycles. The van der Waals surface area contributed by atoms with Crippen LogP contribution in [0, 0.1) is 13.8 Å². The number of aromatic hydroxyl groups is 1. The molecule has 4 aromatic carbocycles. The van der Waals surface area contributed by atoms with Gasteiger partial charge in [-0.25, -0.2) is 9.67 Å². The molecule has 2 heterocycles. The molecule has 5 heteroatoms. The average molecular weight is 567 g/mol. The Balaban J connectivity index is 1.61. The summed E-state index contributed by atoms with van der Waals surface area (Å²) in [6.45, 7) is 13.0. The highest BCUT2D eigenvalue weighted by molar-refractivity contribution is 5.75. The molecule has 0 fully saturated rings. The summed E-state index contributed by atoms with van der Waals surface area (Å²) in [6.07, 6.45) is 2.12. The van der Waals surface area contributed by atoms with Gasteiger partial charge in [-0.1, -0.05) is 82.3 Å². The molecule has 0 spiro atoms. The molecule has 5 nitrogen and oxygen atoms in total. The van der Waals surface area contributed by atoms with Gasteiger partial charge in [0.25, 0.3) is 0 Å². The monoisotopic (exact) mass is 566 g/mol. The Bertz CT molecular complexity index is 1880. The van der Waals surface area contributed by atoms with Crippen LogP contribution in [0.2, 0.25) is 0 Å². The molecule has 6 rings (SSSR count). The minimum absolute atomic E-state index is 0.204. The van der Waals surface area contributed by atoms with Gasteiger partial charge in [0.05, 0.1) is 28.3 Å². The lowest BCUT2D eigenvalue weighted by Gasteiger charge is -2.24. The Morgan fingerprint density at radius 2 is 1.33 bits per heavy atom. The van der Waals surface area contributed by atoms with Crippen molar-refractivity contribution in [1.29, 1.82) is 0 Å². The highest BCUT2D eigenvalue weighted by Crippen LogP contribution is 2.40. The van der Waals surface area contributed by atoms with Crippen LogP contribution < -0.4 is 0 Å². The fourth-order valence-electron chi connectivity index (χ4n) is 5.87. The predicted octanol–water partition coefficient (Wildman–Crippen LogP) is 9.63. The molecule has 1 N–H and O–H groups in total. The van der Waals surface area contributed by atoms with Gasteiger partial charge in [0.15, 0.2) is 0 Å². The second kappa shape index (κ2) is 11.4. The highest BCUT2D eigenvalue weighted by Gasteiger charge is 2.23. The summed E-state index contributed by atoms with van der Waals surface area (Å²) in [5.41, 5.74) is 11.6. The third-order valence-electron chi connectivity index (χ3n) is 8.01. The Morgan fingerprint density at radius 3 is 1.95 bits per heavy atom. The lowest BCUT2D eigenvalue weighted by atomic mass is 9.88. The zero-order valence-electron chi connectivity index (χ0n) is 25.7. The lowest BCUT2D eigenvalue weighted by molar-refractivity contribution is 0.477. The summed E-state index contributed by atoms with van der Waals surface area (Å²) in [5.74, 6) is 1.43. The first-order valence-electron chi connectivity index (χ1n) is 15.0. The van der Waals surface area contributed by atoms with E-state index in [1.807, 2.05) is 35.9 Å². The van der Waals surface area contributed by atoms with Crippen molar-refractivity contribution in [2.45, 2.75) is 53.4 Å². The summed E-state index contributed by atoms with van der Waals surface area (Å²) in [7, 11) is 0.